The van der Waals surface area contributed by atoms with Crippen molar-refractivity contribution >= 4 is 59.7 Å². The van der Waals surface area contributed by atoms with Crippen molar-refractivity contribution < 1.29 is 143 Å². The van der Waals surface area contributed by atoms with E-state index in [4.69, 9.17) is 94.7 Å². The molecule has 15 atom stereocenters. The molecule has 8 rings (SSSR count). The van der Waals surface area contributed by atoms with Gasteiger partial charge in [0, 0.05) is 41.7 Å². The summed E-state index contributed by atoms with van der Waals surface area (Å²) >= 11 is 0. The summed E-state index contributed by atoms with van der Waals surface area (Å²) in [6.07, 6.45) is -29.6. The lowest BCUT2D eigenvalue weighted by atomic mass is 9.95. The van der Waals surface area contributed by atoms with Crippen molar-refractivity contribution in [2.75, 3.05) is 55.4 Å². The van der Waals surface area contributed by atoms with Crippen LogP contribution in [0.4, 0.5) is 0 Å². The first-order valence-corrected chi connectivity index (χ1v) is 30.2. The normalized spacial score (nSPS) is 24.9. The van der Waals surface area contributed by atoms with Gasteiger partial charge in [0.25, 0.3) is 0 Å². The largest absolute Gasteiger partial charge is 0.497 e. The Balaban J connectivity index is 1.37. The van der Waals surface area contributed by atoms with E-state index in [-0.39, 0.29) is 27.8 Å². The van der Waals surface area contributed by atoms with Crippen LogP contribution in [0.5, 0.6) is 23.0 Å². The molecule has 30 nitrogen and oxygen atoms in total. The van der Waals surface area contributed by atoms with Crippen LogP contribution >= 0.6 is 0 Å². The quantitative estimate of drug-likeness (QED) is 0.0476. The number of esters is 10. The fourth-order valence-corrected chi connectivity index (χ4v) is 10.5. The van der Waals surface area contributed by atoms with Crippen molar-refractivity contribution in [3.63, 3.8) is 0 Å². The summed E-state index contributed by atoms with van der Waals surface area (Å²) in [5.74, 6) is -8.98. The molecule has 0 unspecified atom stereocenters. The molecule has 0 amide bonds. The zero-order valence-electron chi connectivity index (χ0n) is 54.7. The maximum absolute atomic E-state index is 15.0. The molecule has 0 spiro atoms. The lowest BCUT2D eigenvalue weighted by molar-refractivity contribution is -0.384. The molecular weight excluding hydrogens is 1300 g/mol. The number of hydrogen-bond acceptors (Lipinski definition) is 30. The highest BCUT2D eigenvalue weighted by molar-refractivity contribution is 5.92. The minimum absolute atomic E-state index is 0.0214. The average Bonchev–Trinajstić information content (AvgIpc) is 0.763. The van der Waals surface area contributed by atoms with Crippen LogP contribution in [0.3, 0.4) is 0 Å². The van der Waals surface area contributed by atoms with Crippen molar-refractivity contribution in [3.05, 3.63) is 155 Å². The van der Waals surface area contributed by atoms with E-state index in [2.05, 4.69) is 0 Å². The third-order valence-corrected chi connectivity index (χ3v) is 15.1. The maximum atomic E-state index is 15.0. The van der Waals surface area contributed by atoms with Crippen molar-refractivity contribution in [1.29, 1.82) is 0 Å². The lowest BCUT2D eigenvalue weighted by Gasteiger charge is -2.50. The van der Waals surface area contributed by atoms with Gasteiger partial charge in [-0.2, -0.15) is 0 Å². The van der Waals surface area contributed by atoms with Crippen LogP contribution < -0.4 is 18.9 Å². The maximum Gasteiger partial charge on any atom is 0.338 e. The Morgan fingerprint density at radius 2 is 0.571 bits per heavy atom. The van der Waals surface area contributed by atoms with Crippen LogP contribution in [-0.2, 0) is 99.8 Å². The minimum atomic E-state index is -2.30. The second kappa shape index (κ2) is 34.6. The molecule has 0 saturated carbocycles. The van der Waals surface area contributed by atoms with E-state index in [9.17, 15) is 43.2 Å². The predicted molar refractivity (Wildman–Crippen MR) is 328 cm³/mol. The second-order valence-electron chi connectivity index (χ2n) is 21.8. The number of carbonyl (C=O) groups is 10. The van der Waals surface area contributed by atoms with Crippen molar-refractivity contribution in [3.8, 4) is 23.0 Å². The number of ether oxygens (including phenoxy) is 20. The van der Waals surface area contributed by atoms with Crippen LogP contribution in [0.1, 0.15) is 86.4 Å². The number of methoxy groups -OCH3 is 5. The Morgan fingerprint density at radius 3 is 0.959 bits per heavy atom. The van der Waals surface area contributed by atoms with E-state index in [0.717, 1.165) is 41.7 Å². The number of carbonyl (C=O) groups excluding carboxylic acids is 10. The first-order valence-electron chi connectivity index (χ1n) is 30.2. The molecule has 3 fully saturated rings. The molecule has 5 aromatic rings. The van der Waals surface area contributed by atoms with E-state index in [1.807, 2.05) is 0 Å². The van der Waals surface area contributed by atoms with Crippen molar-refractivity contribution in [1.82, 2.24) is 0 Å². The van der Waals surface area contributed by atoms with Gasteiger partial charge in [0.15, 0.2) is 61.6 Å². The second-order valence-corrected chi connectivity index (χ2v) is 21.8. The van der Waals surface area contributed by atoms with Crippen LogP contribution in [0, 0.1) is 0 Å². The molecule has 98 heavy (non-hydrogen) atoms. The average molecular weight is 1370 g/mol. The first kappa shape index (κ1) is 73.6. The molecule has 0 aliphatic carbocycles. The summed E-state index contributed by atoms with van der Waals surface area (Å²) in [6.45, 7) is 2.58. The highest BCUT2D eigenvalue weighted by Crippen LogP contribution is 2.40. The summed E-state index contributed by atoms with van der Waals surface area (Å²) in [5.41, 5.74) is -0.511. The lowest BCUT2D eigenvalue weighted by Crippen LogP contribution is -2.69. The summed E-state index contributed by atoms with van der Waals surface area (Å²) < 4.78 is 120. The highest BCUT2D eigenvalue weighted by atomic mass is 16.8. The fourth-order valence-electron chi connectivity index (χ4n) is 10.5. The fraction of sp³-hybridized carbons (Fsp3) is 0.412. The molecule has 3 aliphatic heterocycles. The van der Waals surface area contributed by atoms with Crippen LogP contribution in [0.2, 0.25) is 0 Å². The molecule has 524 valence electrons. The van der Waals surface area contributed by atoms with Gasteiger partial charge < -0.3 is 94.7 Å². The van der Waals surface area contributed by atoms with Crippen LogP contribution in [0.25, 0.3) is 0 Å². The molecule has 3 heterocycles. The van der Waals surface area contributed by atoms with E-state index >= 15 is 4.79 Å². The minimum Gasteiger partial charge on any atom is -0.497 e. The molecule has 3 saturated heterocycles. The summed E-state index contributed by atoms with van der Waals surface area (Å²) in [7, 11) is 6.71. The Morgan fingerprint density at radius 1 is 0.286 bits per heavy atom. The van der Waals surface area contributed by atoms with Gasteiger partial charge in [0.2, 0.25) is 0 Å². The van der Waals surface area contributed by atoms with Gasteiger partial charge in [-0.3, -0.25) is 24.0 Å². The molecule has 0 bridgehead atoms. The van der Waals surface area contributed by atoms with Crippen LogP contribution in [0.15, 0.2) is 127 Å². The summed E-state index contributed by atoms with van der Waals surface area (Å²) in [4.78, 5) is 138. The van der Waals surface area contributed by atoms with E-state index in [0.29, 0.717) is 23.0 Å². The van der Waals surface area contributed by atoms with E-state index in [1.54, 1.807) is 6.07 Å². The Hall–Kier alpha value is -10.2. The number of rotatable bonds is 27. The van der Waals surface area contributed by atoms with Crippen molar-refractivity contribution in [2.24, 2.45) is 0 Å². The molecular formula is C68H72O30. The van der Waals surface area contributed by atoms with Crippen molar-refractivity contribution in [2.45, 2.75) is 127 Å². The van der Waals surface area contributed by atoms with E-state index in [1.165, 1.54) is 150 Å². The highest BCUT2D eigenvalue weighted by Gasteiger charge is 2.60. The molecule has 0 aromatic heterocycles. The molecule has 0 radical (unpaired) electrons. The van der Waals surface area contributed by atoms with Gasteiger partial charge in [-0.05, 0) is 109 Å². The Bertz CT molecular complexity index is 3560. The van der Waals surface area contributed by atoms with Gasteiger partial charge in [0.1, 0.15) is 73.3 Å². The molecule has 0 N–H and O–H groups in total. The smallest absolute Gasteiger partial charge is 0.338 e. The summed E-state index contributed by atoms with van der Waals surface area (Å²) in [5, 5.41) is 0. The van der Waals surface area contributed by atoms with Gasteiger partial charge >= 0.3 is 59.7 Å². The number of benzene rings is 5. The zero-order valence-corrected chi connectivity index (χ0v) is 54.7. The molecule has 5 aromatic carbocycles. The molecule has 3 aliphatic rings. The first-order chi connectivity index (χ1) is 47.0. The standard InChI is InChI=1S/C68H72O30/c1-35(69)84-32-49-52(87-37(3)71)55(88-38(4)72)59(89-39(5)73)67(91-49)97-54-50(33-85-36(2)70)90-66(83-10)58(95-62(75)40-14-12-11-13-15-40)57(54)98-68-60(96-65(78)44-22-30-48(82-9)31-23-44)56(94-64(77)43-20-28-47(81-8)29-21-43)53(93-63(76)42-18-26-46(80-7)27-19-42)51(92-68)34-86-61(74)41-16-24-45(79-6)25-17-41/h11-31,49-60,66-68H,32-34H2,1-10H3/t49-,50-,51-,52-,53-,54-,55+,56+,57+,58-,59-,60-,66+,67+,68+/m1/s1. The van der Waals surface area contributed by atoms with Gasteiger partial charge in [-0.25, -0.2) is 24.0 Å². The van der Waals surface area contributed by atoms with Gasteiger partial charge in [0.05, 0.1) is 56.3 Å². The molecule has 30 heteroatoms. The summed E-state index contributed by atoms with van der Waals surface area (Å²) in [6, 6.07) is 29.8. The third kappa shape index (κ3) is 19.3. The van der Waals surface area contributed by atoms with Crippen LogP contribution in [-0.4, -0.2) is 207 Å². The van der Waals surface area contributed by atoms with Gasteiger partial charge in [-0.1, -0.05) is 18.2 Å². The van der Waals surface area contributed by atoms with Gasteiger partial charge in [-0.15, -0.1) is 0 Å². The topological polar surface area (TPSA) is 355 Å². The monoisotopic (exact) mass is 1370 g/mol. The Kier molecular flexibility index (Phi) is 26.0. The zero-order chi connectivity index (χ0) is 70.7. The number of hydrogen-bond donors (Lipinski definition) is 0. The Labute approximate surface area is 560 Å². The predicted octanol–water partition coefficient (Wildman–Crippen LogP) is 5.29. The SMILES string of the molecule is COc1ccc(C(=O)OC[C@H]2O[C@@H](O[C@@H]3[C@@H](OC(=O)c4ccccc4)[C@@H](OC)O[C@H](COC(C)=O)[C@H]3O[C@@H]3O[C@H](COC(C)=O)[C@@H](OC(C)=O)[C@H](OC(C)=O)[C@H]3OC(C)=O)[C@H](OC(=O)c3ccc(OC)cc3)[C@@H](OC(=O)c3ccc(OC)cc3)[C@@H]2OC(=O)c2ccc(OC)cc2)cc1. The third-order valence-electron chi connectivity index (χ3n) is 15.1. The van der Waals surface area contributed by atoms with E-state index < -0.39 is 172 Å².